The second kappa shape index (κ2) is 7.90. The Morgan fingerprint density at radius 1 is 1.40 bits per heavy atom. The van der Waals surface area contributed by atoms with Crippen LogP contribution in [0.2, 0.25) is 0 Å². The topological polar surface area (TPSA) is 55.1 Å². The average molecular weight is 341 g/mol. The molecule has 0 saturated carbocycles. The van der Waals surface area contributed by atoms with Gasteiger partial charge in [-0.15, -0.1) is 12.4 Å². The lowest BCUT2D eigenvalue weighted by Crippen LogP contribution is -2.26. The predicted molar refractivity (Wildman–Crippen MR) is 72.4 cm³/mol. The molecule has 1 aromatic carbocycles. The summed E-state index contributed by atoms with van der Waals surface area (Å²) in [6.45, 7) is 1.24. The summed E-state index contributed by atoms with van der Waals surface area (Å²) in [7, 11) is 0. The fraction of sp³-hybridized carbons (Fsp3) is 0.300. The SMILES string of the molecule is Cl.NCCCNC(=O)c1ccccc1I. The van der Waals surface area contributed by atoms with Crippen LogP contribution in [0.1, 0.15) is 16.8 Å². The Hall–Kier alpha value is -0.330. The maximum Gasteiger partial charge on any atom is 0.252 e. The zero-order valence-electron chi connectivity index (χ0n) is 8.20. The molecule has 5 heteroatoms. The molecule has 0 aliphatic heterocycles. The molecule has 0 atom stereocenters. The van der Waals surface area contributed by atoms with Crippen LogP contribution in [0.25, 0.3) is 0 Å². The van der Waals surface area contributed by atoms with E-state index in [4.69, 9.17) is 5.73 Å². The van der Waals surface area contributed by atoms with Crippen molar-refractivity contribution in [2.75, 3.05) is 13.1 Å². The van der Waals surface area contributed by atoms with E-state index in [1.165, 1.54) is 0 Å². The molecule has 1 rings (SSSR count). The highest BCUT2D eigenvalue weighted by atomic mass is 127. The van der Waals surface area contributed by atoms with Crippen molar-refractivity contribution in [2.24, 2.45) is 5.73 Å². The summed E-state index contributed by atoms with van der Waals surface area (Å²) in [6, 6.07) is 7.51. The number of amides is 1. The van der Waals surface area contributed by atoms with Gasteiger partial charge in [-0.1, -0.05) is 12.1 Å². The van der Waals surface area contributed by atoms with Gasteiger partial charge < -0.3 is 11.1 Å². The third-order valence-corrected chi connectivity index (χ3v) is 2.73. The molecule has 3 nitrogen and oxygen atoms in total. The van der Waals surface area contributed by atoms with E-state index in [9.17, 15) is 4.79 Å². The lowest BCUT2D eigenvalue weighted by atomic mass is 10.2. The second-order valence-corrected chi connectivity index (χ2v) is 4.04. The standard InChI is InChI=1S/C10H13IN2O.ClH/c11-9-5-2-1-4-8(9)10(14)13-7-3-6-12;/h1-2,4-5H,3,6-7,12H2,(H,13,14);1H. The third-order valence-electron chi connectivity index (χ3n) is 1.78. The molecular weight excluding hydrogens is 326 g/mol. The Balaban J connectivity index is 0.00000196. The molecule has 0 bridgehead atoms. The summed E-state index contributed by atoms with van der Waals surface area (Å²) in [5.41, 5.74) is 6.06. The Morgan fingerprint density at radius 2 is 2.07 bits per heavy atom. The van der Waals surface area contributed by atoms with E-state index < -0.39 is 0 Å². The van der Waals surface area contributed by atoms with Gasteiger partial charge in [-0.2, -0.15) is 0 Å². The first-order valence-corrected chi connectivity index (χ1v) is 5.56. The average Bonchev–Trinajstić information content (AvgIpc) is 2.18. The first-order chi connectivity index (χ1) is 6.75. The molecule has 0 fully saturated rings. The lowest BCUT2D eigenvalue weighted by molar-refractivity contribution is 0.0952. The Bertz CT molecular complexity index is 320. The zero-order valence-corrected chi connectivity index (χ0v) is 11.2. The third kappa shape index (κ3) is 4.81. The number of carbonyl (C=O) groups is 1. The van der Waals surface area contributed by atoms with Crippen molar-refractivity contribution in [1.82, 2.24) is 5.32 Å². The second-order valence-electron chi connectivity index (χ2n) is 2.88. The molecule has 3 N–H and O–H groups in total. The summed E-state index contributed by atoms with van der Waals surface area (Å²) >= 11 is 2.15. The fourth-order valence-electron chi connectivity index (χ4n) is 1.04. The summed E-state index contributed by atoms with van der Waals surface area (Å²) in [4.78, 5) is 11.6. The molecule has 0 heterocycles. The highest BCUT2D eigenvalue weighted by molar-refractivity contribution is 14.1. The molecule has 1 aromatic rings. The number of nitrogens with two attached hydrogens (primary N) is 1. The largest absolute Gasteiger partial charge is 0.352 e. The van der Waals surface area contributed by atoms with Crippen LogP contribution >= 0.6 is 35.0 Å². The van der Waals surface area contributed by atoms with E-state index in [2.05, 4.69) is 27.9 Å². The van der Waals surface area contributed by atoms with Crippen LogP contribution in [0.3, 0.4) is 0 Å². The number of halogens is 2. The van der Waals surface area contributed by atoms with Crippen LogP contribution < -0.4 is 11.1 Å². The normalized spacial score (nSPS) is 9.20. The molecule has 0 saturated heterocycles. The van der Waals surface area contributed by atoms with Gasteiger partial charge in [0.05, 0.1) is 5.56 Å². The zero-order chi connectivity index (χ0) is 10.4. The summed E-state index contributed by atoms with van der Waals surface area (Å²) in [5, 5.41) is 2.82. The Kier molecular flexibility index (Phi) is 7.72. The molecule has 0 aliphatic rings. The minimum absolute atomic E-state index is 0. The van der Waals surface area contributed by atoms with Crippen LogP contribution in [0.15, 0.2) is 24.3 Å². The van der Waals surface area contributed by atoms with Gasteiger partial charge in [0.1, 0.15) is 0 Å². The van der Waals surface area contributed by atoms with Gasteiger partial charge in [-0.25, -0.2) is 0 Å². The highest BCUT2D eigenvalue weighted by Gasteiger charge is 2.07. The molecule has 0 aromatic heterocycles. The van der Waals surface area contributed by atoms with Crippen LogP contribution in [-0.2, 0) is 0 Å². The molecule has 15 heavy (non-hydrogen) atoms. The van der Waals surface area contributed by atoms with Gasteiger partial charge in [0.2, 0.25) is 0 Å². The molecule has 1 amide bonds. The molecule has 0 aliphatic carbocycles. The number of benzene rings is 1. The molecular formula is C10H14ClIN2O. The first kappa shape index (κ1) is 14.7. The number of hydrogen-bond donors (Lipinski definition) is 2. The van der Waals surface area contributed by atoms with E-state index in [1.807, 2.05) is 24.3 Å². The van der Waals surface area contributed by atoms with Crippen molar-refractivity contribution in [1.29, 1.82) is 0 Å². The van der Waals surface area contributed by atoms with Gasteiger partial charge >= 0.3 is 0 Å². The summed E-state index contributed by atoms with van der Waals surface area (Å²) < 4.78 is 0.968. The quantitative estimate of drug-likeness (QED) is 0.648. The van der Waals surface area contributed by atoms with Crippen molar-refractivity contribution < 1.29 is 4.79 Å². The van der Waals surface area contributed by atoms with E-state index in [1.54, 1.807) is 0 Å². The Morgan fingerprint density at radius 3 is 2.67 bits per heavy atom. The van der Waals surface area contributed by atoms with Gasteiger partial charge in [0.25, 0.3) is 5.91 Å². The fourth-order valence-corrected chi connectivity index (χ4v) is 1.68. The predicted octanol–water partition coefficient (Wildman–Crippen LogP) is 1.79. The smallest absolute Gasteiger partial charge is 0.252 e. The van der Waals surface area contributed by atoms with E-state index in [-0.39, 0.29) is 18.3 Å². The van der Waals surface area contributed by atoms with Gasteiger partial charge in [0, 0.05) is 10.1 Å². The minimum Gasteiger partial charge on any atom is -0.352 e. The van der Waals surface area contributed by atoms with E-state index in [0.29, 0.717) is 13.1 Å². The van der Waals surface area contributed by atoms with Crippen molar-refractivity contribution in [3.63, 3.8) is 0 Å². The highest BCUT2D eigenvalue weighted by Crippen LogP contribution is 2.10. The number of hydrogen-bond acceptors (Lipinski definition) is 2. The maximum absolute atomic E-state index is 11.6. The summed E-state index contributed by atoms with van der Waals surface area (Å²) in [6.07, 6.45) is 0.815. The molecule has 0 radical (unpaired) electrons. The first-order valence-electron chi connectivity index (χ1n) is 4.48. The van der Waals surface area contributed by atoms with Crippen molar-refractivity contribution >= 4 is 40.9 Å². The monoisotopic (exact) mass is 340 g/mol. The van der Waals surface area contributed by atoms with Crippen molar-refractivity contribution in [3.05, 3.63) is 33.4 Å². The van der Waals surface area contributed by atoms with Crippen LogP contribution in [0.4, 0.5) is 0 Å². The lowest BCUT2D eigenvalue weighted by Gasteiger charge is -2.05. The van der Waals surface area contributed by atoms with Crippen LogP contribution in [0.5, 0.6) is 0 Å². The number of carbonyl (C=O) groups excluding carboxylic acids is 1. The number of rotatable bonds is 4. The van der Waals surface area contributed by atoms with Gasteiger partial charge in [0.15, 0.2) is 0 Å². The van der Waals surface area contributed by atoms with Crippen LogP contribution in [-0.4, -0.2) is 19.0 Å². The van der Waals surface area contributed by atoms with Crippen LogP contribution in [0, 0.1) is 3.57 Å². The molecule has 0 unspecified atom stereocenters. The minimum atomic E-state index is -0.0246. The van der Waals surface area contributed by atoms with E-state index >= 15 is 0 Å². The Labute approximate surface area is 109 Å². The van der Waals surface area contributed by atoms with Crippen molar-refractivity contribution in [3.8, 4) is 0 Å². The van der Waals surface area contributed by atoms with Gasteiger partial charge in [-0.3, -0.25) is 4.79 Å². The molecule has 84 valence electrons. The van der Waals surface area contributed by atoms with Gasteiger partial charge in [-0.05, 0) is 47.7 Å². The van der Waals surface area contributed by atoms with E-state index in [0.717, 1.165) is 15.6 Å². The molecule has 0 spiro atoms. The summed E-state index contributed by atoms with van der Waals surface area (Å²) in [5.74, 6) is -0.0246. The maximum atomic E-state index is 11.6. The number of nitrogens with one attached hydrogen (secondary N) is 1. The van der Waals surface area contributed by atoms with Crippen molar-refractivity contribution in [2.45, 2.75) is 6.42 Å².